The third-order valence-electron chi connectivity index (χ3n) is 9.89. The molecule has 51 heavy (non-hydrogen) atoms. The molecule has 0 fully saturated rings. The Morgan fingerprint density at radius 2 is 0.882 bits per heavy atom. The van der Waals surface area contributed by atoms with E-state index < -0.39 is 0 Å². The predicted molar refractivity (Wildman–Crippen MR) is 218 cm³/mol. The Bertz CT molecular complexity index is 2850. The molecule has 0 spiro atoms. The molecule has 2 heterocycles. The Morgan fingerprint density at radius 1 is 0.353 bits per heavy atom. The van der Waals surface area contributed by atoms with E-state index in [1.54, 1.807) is 0 Å². The van der Waals surface area contributed by atoms with Crippen LogP contribution in [0.4, 0.5) is 17.1 Å². The highest BCUT2D eigenvalue weighted by atomic mass is 32.1. The van der Waals surface area contributed by atoms with Crippen molar-refractivity contribution in [3.63, 3.8) is 0 Å². The molecule has 0 aliphatic rings. The zero-order valence-corrected chi connectivity index (χ0v) is 28.5. The molecule has 0 N–H and O–H groups in total. The lowest BCUT2D eigenvalue weighted by Crippen LogP contribution is -2.10. The monoisotopic (exact) mass is 669 g/mol. The summed E-state index contributed by atoms with van der Waals surface area (Å²) in [5.74, 6) is 0. The maximum absolute atomic E-state index is 6.35. The number of furan rings is 1. The molecular weight excluding hydrogens is 639 g/mol. The van der Waals surface area contributed by atoms with Crippen molar-refractivity contribution >= 4 is 70.5 Å². The highest BCUT2D eigenvalue weighted by Crippen LogP contribution is 2.44. The number of hydrogen-bond donors (Lipinski definition) is 0. The van der Waals surface area contributed by atoms with Crippen molar-refractivity contribution in [2.24, 2.45) is 0 Å². The number of benzene rings is 8. The van der Waals surface area contributed by atoms with E-state index in [0.29, 0.717) is 0 Å². The Labute approximate surface area is 300 Å². The lowest BCUT2D eigenvalue weighted by Gasteiger charge is -2.26. The van der Waals surface area contributed by atoms with E-state index in [0.717, 1.165) is 39.0 Å². The largest absolute Gasteiger partial charge is 0.456 e. The van der Waals surface area contributed by atoms with E-state index in [2.05, 4.69) is 181 Å². The molecule has 0 aliphatic carbocycles. The van der Waals surface area contributed by atoms with Crippen molar-refractivity contribution in [3.05, 3.63) is 188 Å². The van der Waals surface area contributed by atoms with Crippen molar-refractivity contribution in [2.45, 2.75) is 0 Å². The van der Waals surface area contributed by atoms with Gasteiger partial charge in [0.25, 0.3) is 0 Å². The Balaban J connectivity index is 1.08. The first-order chi connectivity index (χ1) is 25.3. The Kier molecular flexibility index (Phi) is 7.04. The standard InChI is InChI=1S/C48H31NOS/c1-2-10-32(11-3-1)35-12-8-13-36(30-35)33-20-25-38(26-21-33)49(43-16-9-18-45-48(43)41-15-4-6-17-44(41)50-45)39-27-22-34(23-28-39)37-24-29-47-42(31-37)40-14-5-7-19-46(40)51-47/h1-31H. The number of rotatable bonds is 6. The van der Waals surface area contributed by atoms with Crippen LogP contribution in [0.15, 0.2) is 192 Å². The Morgan fingerprint density at radius 3 is 1.63 bits per heavy atom. The molecule has 0 saturated heterocycles. The van der Waals surface area contributed by atoms with E-state index in [-0.39, 0.29) is 0 Å². The van der Waals surface area contributed by atoms with Crippen LogP contribution >= 0.6 is 11.3 Å². The van der Waals surface area contributed by atoms with Gasteiger partial charge in [0.1, 0.15) is 11.2 Å². The van der Waals surface area contributed by atoms with Crippen LogP contribution in [0.2, 0.25) is 0 Å². The van der Waals surface area contributed by atoms with Crippen molar-refractivity contribution in [3.8, 4) is 33.4 Å². The molecule has 0 unspecified atom stereocenters. The van der Waals surface area contributed by atoms with E-state index in [1.807, 2.05) is 23.5 Å². The van der Waals surface area contributed by atoms with Crippen molar-refractivity contribution in [1.82, 2.24) is 0 Å². The van der Waals surface area contributed by atoms with Gasteiger partial charge < -0.3 is 9.32 Å². The number of para-hydroxylation sites is 1. The summed E-state index contributed by atoms with van der Waals surface area (Å²) in [6.45, 7) is 0. The van der Waals surface area contributed by atoms with Crippen molar-refractivity contribution in [2.75, 3.05) is 4.90 Å². The van der Waals surface area contributed by atoms with Gasteiger partial charge in [-0.2, -0.15) is 0 Å². The van der Waals surface area contributed by atoms with Gasteiger partial charge in [-0.25, -0.2) is 0 Å². The summed E-state index contributed by atoms with van der Waals surface area (Å²) in [6.07, 6.45) is 0. The molecule has 10 aromatic rings. The number of anilines is 3. The molecule has 8 aromatic carbocycles. The zero-order valence-electron chi connectivity index (χ0n) is 27.7. The average Bonchev–Trinajstić information content (AvgIpc) is 3.78. The summed E-state index contributed by atoms with van der Waals surface area (Å²) in [5, 5.41) is 4.84. The van der Waals surface area contributed by atoms with Gasteiger partial charge in [-0.3, -0.25) is 0 Å². The molecular formula is C48H31NOS. The van der Waals surface area contributed by atoms with Gasteiger partial charge in [-0.1, -0.05) is 121 Å². The molecule has 3 heteroatoms. The molecule has 0 saturated carbocycles. The average molecular weight is 670 g/mol. The first-order valence-electron chi connectivity index (χ1n) is 17.2. The second-order valence-corrected chi connectivity index (χ2v) is 14.0. The summed E-state index contributed by atoms with van der Waals surface area (Å²) >= 11 is 1.85. The van der Waals surface area contributed by atoms with Crippen molar-refractivity contribution < 1.29 is 4.42 Å². The van der Waals surface area contributed by atoms with E-state index >= 15 is 0 Å². The SMILES string of the molecule is c1ccc(-c2cccc(-c3ccc(N(c4ccc(-c5ccc6sc7ccccc7c6c5)cc4)c4cccc5oc6ccccc6c45)cc3)c2)cc1. The number of hydrogen-bond acceptors (Lipinski definition) is 3. The fourth-order valence-electron chi connectivity index (χ4n) is 7.39. The first-order valence-corrected chi connectivity index (χ1v) is 18.1. The van der Waals surface area contributed by atoms with Gasteiger partial charge in [-0.15, -0.1) is 11.3 Å². The topological polar surface area (TPSA) is 16.4 Å². The third-order valence-corrected chi connectivity index (χ3v) is 11.0. The lowest BCUT2D eigenvalue weighted by molar-refractivity contribution is 0.669. The molecule has 0 amide bonds. The van der Waals surface area contributed by atoms with Gasteiger partial charge >= 0.3 is 0 Å². The third kappa shape index (κ3) is 5.18. The number of nitrogens with zero attached hydrogens (tertiary/aromatic N) is 1. The molecule has 0 bridgehead atoms. The summed E-state index contributed by atoms with van der Waals surface area (Å²) < 4.78 is 8.99. The van der Waals surface area contributed by atoms with E-state index in [1.165, 1.54) is 53.6 Å². The molecule has 0 radical (unpaired) electrons. The minimum atomic E-state index is 0.876. The summed E-state index contributed by atoms with van der Waals surface area (Å²) in [7, 11) is 0. The van der Waals surface area contributed by atoms with Crippen LogP contribution in [-0.4, -0.2) is 0 Å². The normalized spacial score (nSPS) is 11.5. The molecule has 240 valence electrons. The lowest BCUT2D eigenvalue weighted by atomic mass is 9.98. The molecule has 0 aliphatic heterocycles. The van der Waals surface area contributed by atoms with Gasteiger partial charge in [0.2, 0.25) is 0 Å². The maximum Gasteiger partial charge on any atom is 0.137 e. The van der Waals surface area contributed by atoms with Crippen LogP contribution in [0.1, 0.15) is 0 Å². The van der Waals surface area contributed by atoms with Crippen LogP contribution in [0.5, 0.6) is 0 Å². The zero-order chi connectivity index (χ0) is 33.7. The minimum absolute atomic E-state index is 0.876. The molecule has 10 rings (SSSR count). The number of thiophene rings is 1. The second kappa shape index (κ2) is 12.2. The van der Waals surface area contributed by atoms with Crippen LogP contribution in [-0.2, 0) is 0 Å². The van der Waals surface area contributed by atoms with Gasteiger partial charge in [0.05, 0.1) is 11.1 Å². The van der Waals surface area contributed by atoms with Crippen LogP contribution in [0.25, 0.3) is 75.5 Å². The highest BCUT2D eigenvalue weighted by molar-refractivity contribution is 7.25. The molecule has 0 atom stereocenters. The number of fused-ring (bicyclic) bond motifs is 6. The predicted octanol–water partition coefficient (Wildman–Crippen LogP) is 14.4. The Hall–Kier alpha value is -6.42. The van der Waals surface area contributed by atoms with Crippen molar-refractivity contribution in [1.29, 1.82) is 0 Å². The molecule has 2 aromatic heterocycles. The first kappa shape index (κ1) is 29.5. The fourth-order valence-corrected chi connectivity index (χ4v) is 8.48. The highest BCUT2D eigenvalue weighted by Gasteiger charge is 2.19. The second-order valence-electron chi connectivity index (χ2n) is 12.9. The van der Waals surface area contributed by atoms with Crippen LogP contribution in [0, 0.1) is 0 Å². The minimum Gasteiger partial charge on any atom is -0.456 e. The van der Waals surface area contributed by atoms with E-state index in [4.69, 9.17) is 4.42 Å². The van der Waals surface area contributed by atoms with Gasteiger partial charge in [0, 0.05) is 36.9 Å². The van der Waals surface area contributed by atoms with Gasteiger partial charge in [-0.05, 0) is 100 Å². The molecule has 2 nitrogen and oxygen atoms in total. The van der Waals surface area contributed by atoms with E-state index in [9.17, 15) is 0 Å². The summed E-state index contributed by atoms with van der Waals surface area (Å²) in [5.41, 5.74) is 12.2. The quantitative estimate of drug-likeness (QED) is 0.175. The maximum atomic E-state index is 6.35. The van der Waals surface area contributed by atoms with Crippen LogP contribution in [0.3, 0.4) is 0 Å². The van der Waals surface area contributed by atoms with Gasteiger partial charge in [0.15, 0.2) is 0 Å². The smallest absolute Gasteiger partial charge is 0.137 e. The summed E-state index contributed by atoms with van der Waals surface area (Å²) in [4.78, 5) is 2.35. The van der Waals surface area contributed by atoms with Crippen LogP contribution < -0.4 is 4.90 Å². The fraction of sp³-hybridized carbons (Fsp3) is 0. The summed E-state index contributed by atoms with van der Waals surface area (Å²) in [6, 6.07) is 67.4.